The van der Waals surface area contributed by atoms with Gasteiger partial charge in [0.15, 0.2) is 12.6 Å². The first kappa shape index (κ1) is 39.9. The molecule has 18 atom stereocenters. The molecule has 298 valence electrons. The number of carbonyl (C=O) groups excluding carboxylic acids is 2. The SMILES string of the molecule is COC(=O)C1=CO[C@@H](O[C@@H]2O[C@H](CO)[C@@H](O)[C@H](O)[C@H]2O)[C@H]2[C@@H]1C=C[C@@]2(O)COC(=O)C1=CO[C@@H](O[C@@H]2O[C@H](CO)[C@@H](O)[C@H](O)[C@H]2O)[C@H]2[C@@H]1CC[C@]2(C)O. The summed E-state index contributed by atoms with van der Waals surface area (Å²) in [6, 6.07) is 0. The maximum absolute atomic E-state index is 13.7. The van der Waals surface area contributed by atoms with Crippen LogP contribution in [0.5, 0.6) is 0 Å². The highest BCUT2D eigenvalue weighted by Gasteiger charge is 2.58. The first-order chi connectivity index (χ1) is 25.1. The maximum Gasteiger partial charge on any atom is 0.337 e. The van der Waals surface area contributed by atoms with E-state index in [-0.39, 0.29) is 24.0 Å². The summed E-state index contributed by atoms with van der Waals surface area (Å²) in [5.41, 5.74) is -3.64. The summed E-state index contributed by atoms with van der Waals surface area (Å²) in [6.07, 6.45) is -13.9. The highest BCUT2D eigenvalue weighted by Crippen LogP contribution is 2.50. The molecular weight excluding hydrogens is 716 g/mol. The number of allylic oxidation sites excluding steroid dienone is 1. The summed E-state index contributed by atoms with van der Waals surface area (Å²) >= 11 is 0. The van der Waals surface area contributed by atoms with Crippen LogP contribution in [0.15, 0.2) is 35.8 Å². The number of carbonyl (C=O) groups is 2. The summed E-state index contributed by atoms with van der Waals surface area (Å²) in [5.74, 6) is -5.65. The van der Waals surface area contributed by atoms with E-state index in [1.54, 1.807) is 0 Å². The van der Waals surface area contributed by atoms with Crippen molar-refractivity contribution in [1.29, 1.82) is 0 Å². The van der Waals surface area contributed by atoms with Gasteiger partial charge in [0.25, 0.3) is 0 Å². The van der Waals surface area contributed by atoms with E-state index < -0.39 is 141 Å². The highest BCUT2D eigenvalue weighted by molar-refractivity contribution is 5.90. The molecule has 20 nitrogen and oxygen atoms in total. The van der Waals surface area contributed by atoms with Gasteiger partial charge in [-0.1, -0.05) is 12.2 Å². The van der Waals surface area contributed by atoms with E-state index in [0.717, 1.165) is 19.6 Å². The van der Waals surface area contributed by atoms with Gasteiger partial charge in [-0.15, -0.1) is 0 Å². The van der Waals surface area contributed by atoms with Crippen LogP contribution in [-0.2, 0) is 47.5 Å². The van der Waals surface area contributed by atoms with E-state index in [9.17, 15) is 60.7 Å². The molecule has 0 aromatic carbocycles. The molecule has 0 unspecified atom stereocenters. The van der Waals surface area contributed by atoms with E-state index in [1.165, 1.54) is 19.1 Å². The molecule has 0 bridgehead atoms. The average molecular weight is 763 g/mol. The van der Waals surface area contributed by atoms with E-state index in [1.807, 2.05) is 0 Å². The Bertz CT molecular complexity index is 1440. The molecule has 0 radical (unpaired) electrons. The Hall–Kier alpha value is -2.80. The van der Waals surface area contributed by atoms with Gasteiger partial charge < -0.3 is 89.0 Å². The first-order valence-corrected chi connectivity index (χ1v) is 17.1. The highest BCUT2D eigenvalue weighted by atomic mass is 16.8. The van der Waals surface area contributed by atoms with Gasteiger partial charge in [-0.3, -0.25) is 0 Å². The number of ether oxygens (including phenoxy) is 8. The molecule has 53 heavy (non-hydrogen) atoms. The minimum atomic E-state index is -2.10. The van der Waals surface area contributed by atoms with Crippen molar-refractivity contribution in [2.75, 3.05) is 26.9 Å². The van der Waals surface area contributed by atoms with Gasteiger partial charge in [0.1, 0.15) is 61.0 Å². The Kier molecular flexibility index (Phi) is 11.6. The standard InChI is InChI=1S/C33H46O20/c1-32(44)5-3-12-15(10-47-28(18(12)32)52-30-24(40)22(38)20(36)16(7-34)50-30)27(43)49-11-33(45)6-4-13-14(26(42)46-2)9-48-29(19(13)33)53-31-25(41)23(39)21(37)17(8-35)51-31/h4,6,9-10,12-13,16-25,28-31,34-41,44-45H,3,5,7-8,11H2,1-2H3/t12-,13-,16-,17-,18-,19-,20-,21-,22+,23+,24-,25-,28+,29+,30+,31+,32+,33-/m1/s1. The number of rotatable bonds is 10. The van der Waals surface area contributed by atoms with Crippen LogP contribution in [0.2, 0.25) is 0 Å². The monoisotopic (exact) mass is 762 g/mol. The van der Waals surface area contributed by atoms with Crippen LogP contribution in [-0.4, -0.2) is 175 Å². The molecule has 6 aliphatic rings. The molecule has 0 aromatic heterocycles. The average Bonchev–Trinajstić information content (AvgIpc) is 3.67. The zero-order valence-corrected chi connectivity index (χ0v) is 28.6. The maximum atomic E-state index is 13.7. The summed E-state index contributed by atoms with van der Waals surface area (Å²) in [7, 11) is 1.13. The third-order valence-corrected chi connectivity index (χ3v) is 11.0. The van der Waals surface area contributed by atoms with Crippen molar-refractivity contribution in [2.45, 2.75) is 105 Å². The van der Waals surface area contributed by atoms with Crippen molar-refractivity contribution in [3.8, 4) is 0 Å². The zero-order chi connectivity index (χ0) is 38.6. The fourth-order valence-electron chi connectivity index (χ4n) is 7.96. The molecule has 3 fully saturated rings. The summed E-state index contributed by atoms with van der Waals surface area (Å²) in [6.45, 7) is -0.693. The minimum Gasteiger partial charge on any atom is -0.471 e. The molecule has 2 aliphatic carbocycles. The summed E-state index contributed by atoms with van der Waals surface area (Å²) in [4.78, 5) is 26.3. The van der Waals surface area contributed by atoms with Crippen molar-refractivity contribution in [2.24, 2.45) is 23.7 Å². The lowest BCUT2D eigenvalue weighted by molar-refractivity contribution is -0.347. The minimum absolute atomic E-state index is 0.0329. The molecule has 0 aromatic rings. The number of hydrogen-bond acceptors (Lipinski definition) is 20. The molecule has 0 spiro atoms. The molecule has 4 heterocycles. The fraction of sp³-hybridized carbons (Fsp3) is 0.758. The summed E-state index contributed by atoms with van der Waals surface area (Å²) < 4.78 is 44.3. The third kappa shape index (κ3) is 7.22. The predicted molar refractivity (Wildman–Crippen MR) is 166 cm³/mol. The van der Waals surface area contributed by atoms with Gasteiger partial charge in [0.2, 0.25) is 12.6 Å². The molecular formula is C33H46O20. The van der Waals surface area contributed by atoms with Crippen molar-refractivity contribution in [3.63, 3.8) is 0 Å². The Morgan fingerprint density at radius 1 is 0.755 bits per heavy atom. The van der Waals surface area contributed by atoms with Gasteiger partial charge in [-0.25, -0.2) is 9.59 Å². The molecule has 1 saturated carbocycles. The van der Waals surface area contributed by atoms with E-state index in [2.05, 4.69) is 0 Å². The normalized spacial score (nSPS) is 47.7. The Morgan fingerprint density at radius 2 is 1.28 bits per heavy atom. The fourth-order valence-corrected chi connectivity index (χ4v) is 7.96. The predicted octanol–water partition coefficient (Wildman–Crippen LogP) is -4.87. The second-order valence-electron chi connectivity index (χ2n) is 14.3. The van der Waals surface area contributed by atoms with Gasteiger partial charge in [-0.2, -0.15) is 0 Å². The Labute approximate surface area is 301 Å². The van der Waals surface area contributed by atoms with Crippen molar-refractivity contribution in [3.05, 3.63) is 35.8 Å². The molecule has 20 heteroatoms. The number of aliphatic hydroxyl groups is 10. The second-order valence-corrected chi connectivity index (χ2v) is 14.3. The Balaban J connectivity index is 1.19. The van der Waals surface area contributed by atoms with Gasteiger partial charge in [-0.05, 0) is 19.8 Å². The van der Waals surface area contributed by atoms with Crippen LogP contribution >= 0.6 is 0 Å². The number of methoxy groups -OCH3 is 1. The number of aliphatic hydroxyl groups excluding tert-OH is 8. The first-order valence-electron chi connectivity index (χ1n) is 17.1. The van der Waals surface area contributed by atoms with Crippen LogP contribution in [0.25, 0.3) is 0 Å². The summed E-state index contributed by atoms with van der Waals surface area (Å²) in [5, 5.41) is 104. The zero-order valence-electron chi connectivity index (χ0n) is 28.6. The van der Waals surface area contributed by atoms with E-state index >= 15 is 0 Å². The lowest BCUT2D eigenvalue weighted by Gasteiger charge is -2.45. The number of fused-ring (bicyclic) bond motifs is 2. The van der Waals surface area contributed by atoms with Crippen LogP contribution in [0.3, 0.4) is 0 Å². The molecule has 2 saturated heterocycles. The molecule has 0 amide bonds. The topological polar surface area (TPSA) is 310 Å². The van der Waals surface area contributed by atoms with Crippen LogP contribution in [0.4, 0.5) is 0 Å². The van der Waals surface area contributed by atoms with E-state index in [4.69, 9.17) is 37.9 Å². The van der Waals surface area contributed by atoms with Crippen molar-refractivity contribution in [1.82, 2.24) is 0 Å². The quantitative estimate of drug-likeness (QED) is 0.0737. The van der Waals surface area contributed by atoms with Gasteiger partial charge in [0.05, 0.1) is 61.4 Å². The lowest BCUT2D eigenvalue weighted by Crippen LogP contribution is -2.61. The van der Waals surface area contributed by atoms with Crippen LogP contribution in [0.1, 0.15) is 19.8 Å². The third-order valence-electron chi connectivity index (χ3n) is 11.0. The van der Waals surface area contributed by atoms with Crippen molar-refractivity contribution < 1.29 is 98.5 Å². The van der Waals surface area contributed by atoms with Gasteiger partial charge in [0, 0.05) is 11.8 Å². The van der Waals surface area contributed by atoms with Gasteiger partial charge >= 0.3 is 11.9 Å². The molecule has 6 rings (SSSR count). The number of esters is 2. The van der Waals surface area contributed by atoms with Crippen LogP contribution < -0.4 is 0 Å². The smallest absolute Gasteiger partial charge is 0.337 e. The second kappa shape index (κ2) is 15.4. The Morgan fingerprint density at radius 3 is 1.81 bits per heavy atom. The molecule has 4 aliphatic heterocycles. The largest absolute Gasteiger partial charge is 0.471 e. The van der Waals surface area contributed by atoms with Crippen LogP contribution in [0, 0.1) is 23.7 Å². The van der Waals surface area contributed by atoms with Crippen molar-refractivity contribution >= 4 is 11.9 Å². The molecule has 10 N–H and O–H groups in total. The lowest BCUT2D eigenvalue weighted by atomic mass is 9.79. The number of hydrogen-bond donors (Lipinski definition) is 10. The van der Waals surface area contributed by atoms with E-state index in [0.29, 0.717) is 0 Å².